The summed E-state index contributed by atoms with van der Waals surface area (Å²) < 4.78 is 27.7. The molecule has 1 aliphatic heterocycles. The molecule has 1 heterocycles. The molecule has 1 aromatic carbocycles. The smallest absolute Gasteiger partial charge is 0.251 e. The van der Waals surface area contributed by atoms with Crippen LogP contribution in [0.5, 0.6) is 0 Å². The predicted octanol–water partition coefficient (Wildman–Crippen LogP) is 3.33. The number of sulfonamides is 1. The molecule has 1 fully saturated rings. The maximum absolute atomic E-state index is 13.1. The third-order valence-corrected chi connectivity index (χ3v) is 7.03. The van der Waals surface area contributed by atoms with Gasteiger partial charge < -0.3 is 5.32 Å². The summed E-state index contributed by atoms with van der Waals surface area (Å²) in [6.45, 7) is 8.92. The first-order valence-corrected chi connectivity index (χ1v) is 10.6. The van der Waals surface area contributed by atoms with Crippen LogP contribution in [0.2, 0.25) is 0 Å². The number of rotatable bonds is 5. The standard InChI is InChI=1S/C19H30N2O3S/c1-14(2)16(4)20-19(22)17-10-9-15(3)18(13-17)25(23,24)21-11-7-5-6-8-12-21/h9-10,13-14,16H,5-8,11-12H2,1-4H3,(H,20,22)/t16-/m1/s1. The fourth-order valence-electron chi connectivity index (χ4n) is 2.90. The van der Waals surface area contributed by atoms with E-state index in [9.17, 15) is 13.2 Å². The van der Waals surface area contributed by atoms with Gasteiger partial charge in [0.15, 0.2) is 0 Å². The number of benzene rings is 1. The molecule has 0 unspecified atom stereocenters. The molecule has 0 saturated carbocycles. The van der Waals surface area contributed by atoms with Crippen molar-refractivity contribution in [1.29, 1.82) is 0 Å². The van der Waals surface area contributed by atoms with Crippen LogP contribution in [0.25, 0.3) is 0 Å². The van der Waals surface area contributed by atoms with Crippen molar-refractivity contribution in [3.63, 3.8) is 0 Å². The molecule has 1 N–H and O–H groups in total. The average Bonchev–Trinajstić information content (AvgIpc) is 2.84. The van der Waals surface area contributed by atoms with Crippen LogP contribution in [0.3, 0.4) is 0 Å². The molecule has 1 atom stereocenters. The molecule has 1 aromatic rings. The lowest BCUT2D eigenvalue weighted by molar-refractivity contribution is 0.0930. The van der Waals surface area contributed by atoms with Crippen LogP contribution >= 0.6 is 0 Å². The zero-order chi connectivity index (χ0) is 18.6. The van der Waals surface area contributed by atoms with Crippen molar-refractivity contribution in [2.75, 3.05) is 13.1 Å². The quantitative estimate of drug-likeness (QED) is 0.869. The summed E-state index contributed by atoms with van der Waals surface area (Å²) in [6, 6.07) is 4.97. The van der Waals surface area contributed by atoms with Crippen LogP contribution in [0.1, 0.15) is 62.4 Å². The van der Waals surface area contributed by atoms with Crippen molar-refractivity contribution >= 4 is 15.9 Å². The van der Waals surface area contributed by atoms with Crippen LogP contribution in [0.15, 0.2) is 23.1 Å². The number of nitrogens with one attached hydrogen (secondary N) is 1. The van der Waals surface area contributed by atoms with Gasteiger partial charge in [-0.2, -0.15) is 4.31 Å². The Labute approximate surface area is 151 Å². The van der Waals surface area contributed by atoms with E-state index in [2.05, 4.69) is 5.32 Å². The minimum atomic E-state index is -3.56. The highest BCUT2D eigenvalue weighted by molar-refractivity contribution is 7.89. The van der Waals surface area contributed by atoms with Gasteiger partial charge in [0.1, 0.15) is 0 Å². The molecule has 0 spiro atoms. The van der Waals surface area contributed by atoms with Crippen LogP contribution < -0.4 is 5.32 Å². The Morgan fingerprint density at radius 3 is 2.24 bits per heavy atom. The molecule has 0 radical (unpaired) electrons. The monoisotopic (exact) mass is 366 g/mol. The van der Waals surface area contributed by atoms with Gasteiger partial charge in [-0.15, -0.1) is 0 Å². The van der Waals surface area contributed by atoms with Gasteiger partial charge in [-0.3, -0.25) is 4.79 Å². The first kappa shape index (κ1) is 19.9. The minimum absolute atomic E-state index is 0.0273. The molecule has 140 valence electrons. The molecular formula is C19H30N2O3S. The van der Waals surface area contributed by atoms with Gasteiger partial charge >= 0.3 is 0 Å². The van der Waals surface area contributed by atoms with Gasteiger partial charge in [-0.1, -0.05) is 32.8 Å². The number of amides is 1. The molecule has 1 amide bonds. The van der Waals surface area contributed by atoms with Gasteiger partial charge in [0.2, 0.25) is 10.0 Å². The molecule has 0 bridgehead atoms. The van der Waals surface area contributed by atoms with E-state index in [4.69, 9.17) is 0 Å². The summed E-state index contributed by atoms with van der Waals surface area (Å²) >= 11 is 0. The normalized spacial score (nSPS) is 18.0. The van der Waals surface area contributed by atoms with E-state index in [1.807, 2.05) is 20.8 Å². The van der Waals surface area contributed by atoms with Gasteiger partial charge in [-0.05, 0) is 50.3 Å². The number of carbonyl (C=O) groups excluding carboxylic acids is 1. The Kier molecular flexibility index (Phi) is 6.63. The van der Waals surface area contributed by atoms with Crippen molar-refractivity contribution in [2.24, 2.45) is 5.92 Å². The summed E-state index contributed by atoms with van der Waals surface area (Å²) in [7, 11) is -3.56. The zero-order valence-electron chi connectivity index (χ0n) is 15.7. The molecular weight excluding hydrogens is 336 g/mol. The van der Waals surface area contributed by atoms with E-state index in [0.717, 1.165) is 25.7 Å². The highest BCUT2D eigenvalue weighted by Gasteiger charge is 2.27. The highest BCUT2D eigenvalue weighted by Crippen LogP contribution is 2.24. The average molecular weight is 367 g/mol. The Hall–Kier alpha value is -1.40. The maximum Gasteiger partial charge on any atom is 0.251 e. The minimum Gasteiger partial charge on any atom is -0.349 e. The van der Waals surface area contributed by atoms with Crippen molar-refractivity contribution in [2.45, 2.75) is 64.3 Å². The van der Waals surface area contributed by atoms with Crippen LogP contribution in [0, 0.1) is 12.8 Å². The molecule has 1 aliphatic rings. The number of carbonyl (C=O) groups is 1. The molecule has 2 rings (SSSR count). The first-order chi connectivity index (χ1) is 11.7. The van der Waals surface area contributed by atoms with Gasteiger partial charge in [0, 0.05) is 24.7 Å². The van der Waals surface area contributed by atoms with E-state index in [0.29, 0.717) is 30.1 Å². The topological polar surface area (TPSA) is 66.5 Å². The van der Waals surface area contributed by atoms with Crippen molar-refractivity contribution in [1.82, 2.24) is 9.62 Å². The highest BCUT2D eigenvalue weighted by atomic mass is 32.2. The first-order valence-electron chi connectivity index (χ1n) is 9.15. The third-order valence-electron chi connectivity index (χ3n) is 4.99. The second kappa shape index (κ2) is 8.32. The van der Waals surface area contributed by atoms with Crippen molar-refractivity contribution < 1.29 is 13.2 Å². The Balaban J connectivity index is 2.30. The number of aryl methyl sites for hydroxylation is 1. The van der Waals surface area contributed by atoms with Crippen LogP contribution in [-0.2, 0) is 10.0 Å². The zero-order valence-corrected chi connectivity index (χ0v) is 16.5. The van der Waals surface area contributed by atoms with E-state index in [-0.39, 0.29) is 16.8 Å². The number of hydrogen-bond acceptors (Lipinski definition) is 3. The molecule has 25 heavy (non-hydrogen) atoms. The van der Waals surface area contributed by atoms with Crippen LogP contribution in [-0.4, -0.2) is 37.8 Å². The Morgan fingerprint density at radius 1 is 1.08 bits per heavy atom. The Morgan fingerprint density at radius 2 is 1.68 bits per heavy atom. The second-order valence-electron chi connectivity index (χ2n) is 7.30. The van der Waals surface area contributed by atoms with Gasteiger partial charge in [-0.25, -0.2) is 8.42 Å². The number of nitrogens with zero attached hydrogens (tertiary/aromatic N) is 1. The van der Waals surface area contributed by atoms with Crippen LogP contribution in [0.4, 0.5) is 0 Å². The maximum atomic E-state index is 13.1. The molecule has 0 aliphatic carbocycles. The molecule has 6 heteroatoms. The lowest BCUT2D eigenvalue weighted by Crippen LogP contribution is -2.36. The van der Waals surface area contributed by atoms with Crippen molar-refractivity contribution in [3.05, 3.63) is 29.3 Å². The summed E-state index contributed by atoms with van der Waals surface area (Å²) in [6.07, 6.45) is 3.93. The summed E-state index contributed by atoms with van der Waals surface area (Å²) in [5.41, 5.74) is 1.07. The molecule has 0 aromatic heterocycles. The van der Waals surface area contributed by atoms with Gasteiger partial charge in [0.05, 0.1) is 4.90 Å². The number of hydrogen-bond donors (Lipinski definition) is 1. The largest absolute Gasteiger partial charge is 0.349 e. The third kappa shape index (κ3) is 4.82. The van der Waals surface area contributed by atoms with Crippen molar-refractivity contribution in [3.8, 4) is 0 Å². The van der Waals surface area contributed by atoms with E-state index in [1.54, 1.807) is 23.4 Å². The fraction of sp³-hybridized carbons (Fsp3) is 0.632. The summed E-state index contributed by atoms with van der Waals surface area (Å²) in [5.74, 6) is 0.0863. The second-order valence-corrected chi connectivity index (χ2v) is 9.21. The predicted molar refractivity (Wildman–Crippen MR) is 100 cm³/mol. The van der Waals surface area contributed by atoms with E-state index >= 15 is 0 Å². The Bertz CT molecular complexity index is 705. The summed E-state index contributed by atoms with van der Waals surface area (Å²) in [4.78, 5) is 12.7. The lowest BCUT2D eigenvalue weighted by atomic mass is 10.1. The fourth-order valence-corrected chi connectivity index (χ4v) is 4.67. The summed E-state index contributed by atoms with van der Waals surface area (Å²) in [5, 5.41) is 2.94. The molecule has 5 nitrogen and oxygen atoms in total. The lowest BCUT2D eigenvalue weighted by Gasteiger charge is -2.22. The van der Waals surface area contributed by atoms with E-state index in [1.165, 1.54) is 6.07 Å². The molecule has 1 saturated heterocycles. The van der Waals surface area contributed by atoms with E-state index < -0.39 is 10.0 Å². The van der Waals surface area contributed by atoms with Gasteiger partial charge in [0.25, 0.3) is 5.91 Å². The SMILES string of the molecule is Cc1ccc(C(=O)N[C@H](C)C(C)C)cc1S(=O)(=O)N1CCCCCC1.